The normalized spacial score (nSPS) is 13.5. The summed E-state index contributed by atoms with van der Waals surface area (Å²) >= 11 is 0. The van der Waals surface area contributed by atoms with E-state index in [0.29, 0.717) is 12.0 Å². The number of amides is 2. The minimum atomic E-state index is -0.284. The second-order valence-corrected chi connectivity index (χ2v) is 6.09. The molecule has 0 spiro atoms. The molecular formula is C21H21N3O3. The highest BCUT2D eigenvalue weighted by atomic mass is 16.5. The lowest BCUT2D eigenvalue weighted by atomic mass is 10.1. The topological polar surface area (TPSA) is 71.5 Å². The van der Waals surface area contributed by atoms with Crippen LogP contribution in [0.4, 0.5) is 5.69 Å². The monoisotopic (exact) mass is 363 g/mol. The Morgan fingerprint density at radius 3 is 2.81 bits per heavy atom. The van der Waals surface area contributed by atoms with Gasteiger partial charge in [-0.15, -0.1) is 0 Å². The van der Waals surface area contributed by atoms with E-state index >= 15 is 0 Å². The number of carbonyl (C=O) groups excluding carboxylic acids is 2. The van der Waals surface area contributed by atoms with Crippen molar-refractivity contribution in [2.24, 2.45) is 0 Å². The zero-order chi connectivity index (χ0) is 19.1. The lowest BCUT2D eigenvalue weighted by Crippen LogP contribution is -2.35. The maximum absolute atomic E-state index is 12.1. The third-order valence-electron chi connectivity index (χ3n) is 4.28. The average molecular weight is 363 g/mol. The molecule has 0 saturated carbocycles. The van der Waals surface area contributed by atoms with Crippen LogP contribution in [0.2, 0.25) is 0 Å². The molecule has 1 N–H and O–H groups in total. The standard InChI is InChI=1S/C21H21N3O3/c1-27-21-18(7-5-14-23-21)20(26)22-13-4-6-16-9-11-17(12-10-16)24-15-3-2-8-19(24)25/h5,7,9-12,14H,2-3,8,13,15H2,1H3,(H,22,26). The lowest BCUT2D eigenvalue weighted by Gasteiger charge is -2.26. The molecule has 6 nitrogen and oxygen atoms in total. The first-order chi connectivity index (χ1) is 13.2. The number of aromatic nitrogens is 1. The van der Waals surface area contributed by atoms with Gasteiger partial charge in [-0.25, -0.2) is 4.98 Å². The molecule has 1 saturated heterocycles. The number of piperidine rings is 1. The highest BCUT2D eigenvalue weighted by Crippen LogP contribution is 2.21. The molecule has 1 fully saturated rings. The van der Waals surface area contributed by atoms with Crippen LogP contribution in [-0.4, -0.2) is 37.0 Å². The third-order valence-corrected chi connectivity index (χ3v) is 4.28. The second-order valence-electron chi connectivity index (χ2n) is 6.09. The zero-order valence-corrected chi connectivity index (χ0v) is 15.2. The van der Waals surface area contributed by atoms with E-state index < -0.39 is 0 Å². The highest BCUT2D eigenvalue weighted by molar-refractivity contribution is 5.96. The highest BCUT2D eigenvalue weighted by Gasteiger charge is 2.19. The first kappa shape index (κ1) is 18.5. The molecule has 0 bridgehead atoms. The molecule has 0 atom stereocenters. The van der Waals surface area contributed by atoms with Gasteiger partial charge < -0.3 is 15.0 Å². The number of carbonyl (C=O) groups is 2. The molecule has 2 aromatic rings. The minimum absolute atomic E-state index is 0.175. The summed E-state index contributed by atoms with van der Waals surface area (Å²) in [6.45, 7) is 0.983. The van der Waals surface area contributed by atoms with Crippen LogP contribution in [0.5, 0.6) is 5.88 Å². The Labute approximate surface area is 158 Å². The van der Waals surface area contributed by atoms with E-state index in [1.807, 2.05) is 29.2 Å². The predicted molar refractivity (Wildman–Crippen MR) is 103 cm³/mol. The summed E-state index contributed by atoms with van der Waals surface area (Å²) in [7, 11) is 1.47. The predicted octanol–water partition coefficient (Wildman–Crippen LogP) is 2.39. The van der Waals surface area contributed by atoms with Crippen molar-refractivity contribution in [2.75, 3.05) is 25.1 Å². The number of benzene rings is 1. The van der Waals surface area contributed by atoms with Crippen LogP contribution in [-0.2, 0) is 4.79 Å². The quantitative estimate of drug-likeness (QED) is 0.847. The second kappa shape index (κ2) is 8.86. The van der Waals surface area contributed by atoms with E-state index in [9.17, 15) is 9.59 Å². The van der Waals surface area contributed by atoms with Gasteiger partial charge in [0, 0.05) is 30.4 Å². The van der Waals surface area contributed by atoms with Gasteiger partial charge in [0.1, 0.15) is 5.56 Å². The van der Waals surface area contributed by atoms with Crippen LogP contribution in [0.3, 0.4) is 0 Å². The number of hydrogen-bond acceptors (Lipinski definition) is 4. The molecule has 6 heteroatoms. The van der Waals surface area contributed by atoms with Crippen LogP contribution in [0.1, 0.15) is 35.2 Å². The molecule has 3 rings (SSSR count). The molecule has 2 amide bonds. The number of ether oxygens (including phenoxy) is 1. The summed E-state index contributed by atoms with van der Waals surface area (Å²) in [5.41, 5.74) is 2.11. The fraction of sp³-hybridized carbons (Fsp3) is 0.286. The summed E-state index contributed by atoms with van der Waals surface area (Å²) < 4.78 is 5.07. The summed E-state index contributed by atoms with van der Waals surface area (Å²) in [4.78, 5) is 29.9. The lowest BCUT2D eigenvalue weighted by molar-refractivity contribution is -0.119. The van der Waals surface area contributed by atoms with Crippen molar-refractivity contribution < 1.29 is 14.3 Å². The maximum atomic E-state index is 12.1. The Kier molecular flexibility index (Phi) is 6.06. The third kappa shape index (κ3) is 4.64. The van der Waals surface area contributed by atoms with E-state index in [-0.39, 0.29) is 24.2 Å². The number of methoxy groups -OCH3 is 1. The zero-order valence-electron chi connectivity index (χ0n) is 15.2. The first-order valence-corrected chi connectivity index (χ1v) is 8.85. The van der Waals surface area contributed by atoms with Gasteiger partial charge in [0.15, 0.2) is 0 Å². The van der Waals surface area contributed by atoms with Crippen LogP contribution in [0.15, 0.2) is 42.6 Å². The fourth-order valence-electron chi connectivity index (χ4n) is 2.90. The SMILES string of the molecule is COc1ncccc1C(=O)NCC#Cc1ccc(N2CCCCC2=O)cc1. The Hall–Kier alpha value is -3.33. The number of rotatable bonds is 4. The number of nitrogens with zero attached hydrogens (tertiary/aromatic N) is 2. The molecule has 2 heterocycles. The minimum Gasteiger partial charge on any atom is -0.480 e. The number of pyridine rings is 1. The molecule has 0 aliphatic carbocycles. The van der Waals surface area contributed by atoms with Crippen molar-refractivity contribution in [2.45, 2.75) is 19.3 Å². The largest absolute Gasteiger partial charge is 0.480 e. The van der Waals surface area contributed by atoms with Gasteiger partial charge in [-0.2, -0.15) is 0 Å². The van der Waals surface area contributed by atoms with Gasteiger partial charge in [0.25, 0.3) is 5.91 Å². The van der Waals surface area contributed by atoms with Gasteiger partial charge in [-0.3, -0.25) is 9.59 Å². The molecule has 1 aromatic heterocycles. The molecule has 138 valence electrons. The van der Waals surface area contributed by atoms with Crippen LogP contribution in [0.25, 0.3) is 0 Å². The average Bonchev–Trinajstić information content (AvgIpc) is 2.72. The number of nitrogens with one attached hydrogen (secondary N) is 1. The van der Waals surface area contributed by atoms with Gasteiger partial charge in [0.05, 0.1) is 13.7 Å². The van der Waals surface area contributed by atoms with Crippen molar-refractivity contribution in [1.29, 1.82) is 0 Å². The Bertz CT molecular complexity index is 882. The van der Waals surface area contributed by atoms with E-state index in [2.05, 4.69) is 22.1 Å². The van der Waals surface area contributed by atoms with Gasteiger partial charge >= 0.3 is 0 Å². The van der Waals surface area contributed by atoms with Gasteiger partial charge in [-0.1, -0.05) is 11.8 Å². The number of hydrogen-bond donors (Lipinski definition) is 1. The summed E-state index contributed by atoms with van der Waals surface area (Å²) in [6, 6.07) is 10.9. The van der Waals surface area contributed by atoms with Crippen molar-refractivity contribution in [3.63, 3.8) is 0 Å². The summed E-state index contributed by atoms with van der Waals surface area (Å²) in [5, 5.41) is 2.73. The Morgan fingerprint density at radius 2 is 2.07 bits per heavy atom. The molecule has 1 aliphatic heterocycles. The maximum Gasteiger partial charge on any atom is 0.257 e. The first-order valence-electron chi connectivity index (χ1n) is 8.85. The van der Waals surface area contributed by atoms with Crippen molar-refractivity contribution >= 4 is 17.5 Å². The van der Waals surface area contributed by atoms with Crippen molar-refractivity contribution in [1.82, 2.24) is 10.3 Å². The summed E-state index contributed by atoms with van der Waals surface area (Å²) in [6.07, 6.45) is 4.18. The van der Waals surface area contributed by atoms with E-state index in [1.165, 1.54) is 7.11 Å². The molecule has 1 aromatic carbocycles. The summed E-state index contributed by atoms with van der Waals surface area (Å²) in [5.74, 6) is 6.10. The fourth-order valence-corrected chi connectivity index (χ4v) is 2.90. The molecular weight excluding hydrogens is 342 g/mol. The smallest absolute Gasteiger partial charge is 0.257 e. The Morgan fingerprint density at radius 1 is 1.26 bits per heavy atom. The molecule has 27 heavy (non-hydrogen) atoms. The van der Waals surface area contributed by atoms with Crippen LogP contribution < -0.4 is 15.0 Å². The number of anilines is 1. The van der Waals surface area contributed by atoms with Crippen LogP contribution in [0, 0.1) is 11.8 Å². The van der Waals surface area contributed by atoms with Gasteiger partial charge in [0.2, 0.25) is 11.8 Å². The van der Waals surface area contributed by atoms with Gasteiger partial charge in [-0.05, 0) is 49.2 Å². The van der Waals surface area contributed by atoms with Crippen molar-refractivity contribution in [3.8, 4) is 17.7 Å². The Balaban J connectivity index is 1.56. The van der Waals surface area contributed by atoms with E-state index in [0.717, 1.165) is 30.6 Å². The molecule has 0 radical (unpaired) electrons. The van der Waals surface area contributed by atoms with Crippen LogP contribution >= 0.6 is 0 Å². The van der Waals surface area contributed by atoms with Crippen molar-refractivity contribution in [3.05, 3.63) is 53.7 Å². The van der Waals surface area contributed by atoms with E-state index in [1.54, 1.807) is 18.3 Å². The molecule has 1 aliphatic rings. The molecule has 0 unspecified atom stereocenters. The van der Waals surface area contributed by atoms with E-state index in [4.69, 9.17) is 4.74 Å².